The van der Waals surface area contributed by atoms with Gasteiger partial charge in [-0.25, -0.2) is 0 Å². The first-order valence-electron chi connectivity index (χ1n) is 6.35. The molecule has 0 spiro atoms. The van der Waals surface area contributed by atoms with Gasteiger partial charge in [0.25, 0.3) is 11.8 Å². The molecule has 0 aromatic carbocycles. The van der Waals surface area contributed by atoms with Crippen LogP contribution >= 0.6 is 0 Å². The maximum Gasteiger partial charge on any atom is 0.258 e. The summed E-state index contributed by atoms with van der Waals surface area (Å²) in [5.41, 5.74) is 0. The average molecular weight is 241 g/mol. The summed E-state index contributed by atoms with van der Waals surface area (Å²) >= 11 is 0. The number of morpholine rings is 1. The van der Waals surface area contributed by atoms with E-state index in [-0.39, 0.29) is 30.6 Å². The highest BCUT2D eigenvalue weighted by Gasteiger charge is 2.45. The Labute approximate surface area is 101 Å². The van der Waals surface area contributed by atoms with Crippen LogP contribution in [0.1, 0.15) is 38.5 Å². The number of carbonyl (C=O) groups excluding carboxylic acids is 2. The highest BCUT2D eigenvalue weighted by molar-refractivity contribution is 6.02. The number of hydrogen-bond donors (Lipinski definition) is 1. The lowest BCUT2D eigenvalue weighted by molar-refractivity contribution is -0.168. The molecule has 1 N–H and O–H groups in total. The molecule has 2 amide bonds. The third-order valence-corrected chi connectivity index (χ3v) is 3.39. The van der Waals surface area contributed by atoms with Crippen molar-refractivity contribution in [3.05, 3.63) is 0 Å². The fourth-order valence-corrected chi connectivity index (χ4v) is 2.41. The van der Waals surface area contributed by atoms with Crippen LogP contribution in [0.3, 0.4) is 0 Å². The van der Waals surface area contributed by atoms with Crippen molar-refractivity contribution in [3.8, 4) is 0 Å². The van der Waals surface area contributed by atoms with Gasteiger partial charge in [0, 0.05) is 13.2 Å². The molecule has 0 radical (unpaired) electrons. The molecule has 2 aliphatic heterocycles. The summed E-state index contributed by atoms with van der Waals surface area (Å²) in [6, 6.07) is 0. The molecule has 2 heterocycles. The van der Waals surface area contributed by atoms with E-state index in [2.05, 4.69) is 0 Å². The second-order valence-corrected chi connectivity index (χ2v) is 4.66. The van der Waals surface area contributed by atoms with Crippen molar-refractivity contribution in [3.63, 3.8) is 0 Å². The standard InChI is InChI=1S/C12H19NO4/c14-8-4-2-1-3-7-13-11(15)9-5-6-10(17-9)12(13)16/h9-10,14H,1-8H2. The van der Waals surface area contributed by atoms with Crippen molar-refractivity contribution in [2.45, 2.75) is 50.7 Å². The van der Waals surface area contributed by atoms with Gasteiger partial charge in [0.05, 0.1) is 0 Å². The number of nitrogens with zero attached hydrogens (tertiary/aromatic N) is 1. The van der Waals surface area contributed by atoms with Crippen LogP contribution < -0.4 is 0 Å². The van der Waals surface area contributed by atoms with Crippen LogP contribution in [0.2, 0.25) is 0 Å². The van der Waals surface area contributed by atoms with E-state index in [1.807, 2.05) is 0 Å². The summed E-state index contributed by atoms with van der Waals surface area (Å²) < 4.78 is 5.32. The van der Waals surface area contributed by atoms with E-state index in [1.165, 1.54) is 4.90 Å². The highest BCUT2D eigenvalue weighted by Crippen LogP contribution is 2.28. The third-order valence-electron chi connectivity index (χ3n) is 3.39. The van der Waals surface area contributed by atoms with Gasteiger partial charge in [0.2, 0.25) is 0 Å². The van der Waals surface area contributed by atoms with E-state index in [1.54, 1.807) is 0 Å². The molecule has 0 aliphatic carbocycles. The SMILES string of the molecule is O=C1C2CCC(O2)C(=O)N1CCCCCCO. The van der Waals surface area contributed by atoms with Crippen LogP contribution in [-0.4, -0.2) is 47.2 Å². The third kappa shape index (κ3) is 2.66. The van der Waals surface area contributed by atoms with E-state index < -0.39 is 0 Å². The smallest absolute Gasteiger partial charge is 0.258 e. The lowest BCUT2D eigenvalue weighted by atomic mass is 10.2. The van der Waals surface area contributed by atoms with Crippen molar-refractivity contribution in [1.82, 2.24) is 4.90 Å². The maximum absolute atomic E-state index is 11.9. The van der Waals surface area contributed by atoms with Crippen LogP contribution in [0.25, 0.3) is 0 Å². The Balaban J connectivity index is 1.79. The van der Waals surface area contributed by atoms with Gasteiger partial charge in [-0.15, -0.1) is 0 Å². The number of unbranched alkanes of at least 4 members (excludes halogenated alkanes) is 3. The topological polar surface area (TPSA) is 66.8 Å². The lowest BCUT2D eigenvalue weighted by Crippen LogP contribution is -2.51. The number of likely N-dealkylation sites (tertiary alicyclic amines) is 1. The molecule has 2 saturated heterocycles. The van der Waals surface area contributed by atoms with Crippen molar-refractivity contribution in [1.29, 1.82) is 0 Å². The Morgan fingerprint density at radius 1 is 1.06 bits per heavy atom. The number of carbonyl (C=O) groups is 2. The number of aliphatic hydroxyl groups excluding tert-OH is 1. The van der Waals surface area contributed by atoms with Gasteiger partial charge >= 0.3 is 0 Å². The lowest BCUT2D eigenvalue weighted by Gasteiger charge is -2.29. The number of fused-ring (bicyclic) bond motifs is 2. The number of amides is 2. The van der Waals surface area contributed by atoms with Gasteiger partial charge in [-0.05, 0) is 25.7 Å². The van der Waals surface area contributed by atoms with Gasteiger partial charge in [0.1, 0.15) is 12.2 Å². The largest absolute Gasteiger partial charge is 0.396 e. The minimum Gasteiger partial charge on any atom is -0.396 e. The molecule has 0 saturated carbocycles. The number of rotatable bonds is 6. The summed E-state index contributed by atoms with van der Waals surface area (Å²) in [6.07, 6.45) is 4.08. The Hall–Kier alpha value is -0.940. The van der Waals surface area contributed by atoms with Crippen molar-refractivity contribution >= 4 is 11.8 Å². The average Bonchev–Trinajstić information content (AvgIpc) is 2.77. The van der Waals surface area contributed by atoms with E-state index >= 15 is 0 Å². The molecule has 2 unspecified atom stereocenters. The monoisotopic (exact) mass is 241 g/mol. The number of ether oxygens (including phenoxy) is 1. The number of imide groups is 1. The quantitative estimate of drug-likeness (QED) is 0.542. The van der Waals surface area contributed by atoms with E-state index in [0.717, 1.165) is 25.7 Å². The first-order valence-corrected chi connectivity index (χ1v) is 6.35. The van der Waals surface area contributed by atoms with Gasteiger partial charge < -0.3 is 9.84 Å². The fourth-order valence-electron chi connectivity index (χ4n) is 2.41. The maximum atomic E-state index is 11.9. The predicted octanol–water partition coefficient (Wildman–Crippen LogP) is 0.455. The first kappa shape index (κ1) is 12.5. The minimum atomic E-state index is -0.379. The molecular formula is C12H19NO4. The molecule has 2 fully saturated rings. The fraction of sp³-hybridized carbons (Fsp3) is 0.833. The van der Waals surface area contributed by atoms with Crippen molar-refractivity contribution < 1.29 is 19.4 Å². The first-order chi connectivity index (χ1) is 8.24. The van der Waals surface area contributed by atoms with Crippen LogP contribution in [0.15, 0.2) is 0 Å². The molecule has 5 nitrogen and oxygen atoms in total. The predicted molar refractivity (Wildman–Crippen MR) is 60.2 cm³/mol. The van der Waals surface area contributed by atoms with Crippen molar-refractivity contribution in [2.75, 3.05) is 13.2 Å². The Bertz CT molecular complexity index is 283. The zero-order chi connectivity index (χ0) is 12.3. The minimum absolute atomic E-state index is 0.161. The summed E-state index contributed by atoms with van der Waals surface area (Å²) in [4.78, 5) is 25.1. The molecule has 5 heteroatoms. The highest BCUT2D eigenvalue weighted by atomic mass is 16.5. The molecule has 2 aliphatic rings. The number of hydrogen-bond acceptors (Lipinski definition) is 4. The van der Waals surface area contributed by atoms with Gasteiger partial charge in [-0.2, -0.15) is 0 Å². The molecular weight excluding hydrogens is 222 g/mol. The Morgan fingerprint density at radius 3 is 2.24 bits per heavy atom. The van der Waals surface area contributed by atoms with Gasteiger partial charge in [-0.3, -0.25) is 14.5 Å². The van der Waals surface area contributed by atoms with Crippen LogP contribution in [0, 0.1) is 0 Å². The van der Waals surface area contributed by atoms with E-state index in [9.17, 15) is 9.59 Å². The molecule has 2 atom stereocenters. The summed E-state index contributed by atoms with van der Waals surface area (Å²) in [7, 11) is 0. The second kappa shape index (κ2) is 5.60. The normalized spacial score (nSPS) is 27.9. The molecule has 96 valence electrons. The molecule has 2 bridgehead atoms. The second-order valence-electron chi connectivity index (χ2n) is 4.66. The van der Waals surface area contributed by atoms with Crippen molar-refractivity contribution in [2.24, 2.45) is 0 Å². The zero-order valence-electron chi connectivity index (χ0n) is 9.93. The van der Waals surface area contributed by atoms with Gasteiger partial charge in [-0.1, -0.05) is 12.8 Å². The molecule has 2 rings (SSSR count). The van der Waals surface area contributed by atoms with Gasteiger partial charge in [0.15, 0.2) is 0 Å². The van der Waals surface area contributed by atoms with Crippen LogP contribution in [0.5, 0.6) is 0 Å². The molecule has 17 heavy (non-hydrogen) atoms. The van der Waals surface area contributed by atoms with E-state index in [0.29, 0.717) is 19.4 Å². The molecule has 0 aromatic rings. The zero-order valence-corrected chi connectivity index (χ0v) is 9.93. The Morgan fingerprint density at radius 2 is 1.65 bits per heavy atom. The summed E-state index contributed by atoms with van der Waals surface area (Å²) in [6.45, 7) is 0.707. The molecule has 0 aromatic heterocycles. The Kier molecular flexibility index (Phi) is 4.12. The summed E-state index contributed by atoms with van der Waals surface area (Å²) in [5.74, 6) is -0.322. The number of aliphatic hydroxyl groups is 1. The van der Waals surface area contributed by atoms with E-state index in [4.69, 9.17) is 9.84 Å². The summed E-state index contributed by atoms with van der Waals surface area (Å²) in [5, 5.41) is 8.64. The van der Waals surface area contributed by atoms with Crippen LogP contribution in [0.4, 0.5) is 0 Å². The van der Waals surface area contributed by atoms with Crippen LogP contribution in [-0.2, 0) is 14.3 Å².